The van der Waals surface area contributed by atoms with Gasteiger partial charge >= 0.3 is 0 Å². The minimum Gasteiger partial charge on any atom is -0.455 e. The van der Waals surface area contributed by atoms with Gasteiger partial charge in [-0.25, -0.2) is 4.39 Å². The second kappa shape index (κ2) is 8.72. The van der Waals surface area contributed by atoms with Gasteiger partial charge in [0, 0.05) is 32.1 Å². The van der Waals surface area contributed by atoms with E-state index in [1.165, 1.54) is 12.3 Å². The SMILES string of the molecule is [2H]C([2H])([2H])c1cc(-c2ccc3oc4c(-c5cccc(-c6ccccc6)c5)c(C#N)ccc4c3c2C)[n+](C)cc1F. The van der Waals surface area contributed by atoms with Crippen LogP contribution in [0.15, 0.2) is 95.5 Å². The molecule has 0 aliphatic rings. The molecule has 0 spiro atoms. The van der Waals surface area contributed by atoms with Gasteiger partial charge in [0.25, 0.3) is 0 Å². The lowest BCUT2D eigenvalue weighted by molar-refractivity contribution is -0.662. The Hall–Kier alpha value is -4.75. The fourth-order valence-corrected chi connectivity index (χ4v) is 5.13. The second-order valence-corrected chi connectivity index (χ2v) is 9.17. The molecule has 2 heterocycles. The van der Waals surface area contributed by atoms with E-state index in [-0.39, 0.29) is 5.56 Å². The summed E-state index contributed by atoms with van der Waals surface area (Å²) in [6.45, 7) is -0.636. The lowest BCUT2D eigenvalue weighted by Gasteiger charge is -2.09. The summed E-state index contributed by atoms with van der Waals surface area (Å²) in [6, 6.07) is 29.2. The normalized spacial score (nSPS) is 12.8. The second-order valence-electron chi connectivity index (χ2n) is 9.17. The average molecular weight is 487 g/mol. The molecule has 0 bridgehead atoms. The molecular formula is C33H24FN2O+. The molecule has 37 heavy (non-hydrogen) atoms. The van der Waals surface area contributed by atoms with Gasteiger partial charge in [0.15, 0.2) is 5.82 Å². The van der Waals surface area contributed by atoms with Crippen molar-refractivity contribution in [2.75, 3.05) is 0 Å². The highest BCUT2D eigenvalue weighted by Crippen LogP contribution is 2.41. The van der Waals surface area contributed by atoms with Gasteiger partial charge in [-0.05, 0) is 71.9 Å². The van der Waals surface area contributed by atoms with Crippen molar-refractivity contribution >= 4 is 21.9 Å². The number of fused-ring (bicyclic) bond motifs is 3. The van der Waals surface area contributed by atoms with Crippen LogP contribution in [-0.4, -0.2) is 0 Å². The quantitative estimate of drug-likeness (QED) is 0.238. The van der Waals surface area contributed by atoms with Crippen molar-refractivity contribution in [3.63, 3.8) is 0 Å². The molecule has 3 nitrogen and oxygen atoms in total. The smallest absolute Gasteiger partial charge is 0.212 e. The Kier molecular flexibility index (Phi) is 4.58. The highest BCUT2D eigenvalue weighted by molar-refractivity contribution is 6.13. The molecule has 0 fully saturated rings. The van der Waals surface area contributed by atoms with E-state index in [0.29, 0.717) is 28.0 Å². The molecule has 0 radical (unpaired) electrons. The van der Waals surface area contributed by atoms with Crippen LogP contribution in [0.5, 0.6) is 0 Å². The van der Waals surface area contributed by atoms with Gasteiger partial charge in [-0.15, -0.1) is 0 Å². The molecule has 0 N–H and O–H groups in total. The highest BCUT2D eigenvalue weighted by atomic mass is 19.1. The third kappa shape index (κ3) is 3.68. The average Bonchev–Trinajstić information content (AvgIpc) is 3.32. The molecule has 0 saturated heterocycles. The molecule has 4 aromatic carbocycles. The lowest BCUT2D eigenvalue weighted by Crippen LogP contribution is -2.31. The molecule has 0 unspecified atom stereocenters. The fraction of sp³-hybridized carbons (Fsp3) is 0.0909. The molecule has 0 aliphatic carbocycles. The maximum absolute atomic E-state index is 14.5. The predicted molar refractivity (Wildman–Crippen MR) is 145 cm³/mol. The van der Waals surface area contributed by atoms with Gasteiger partial charge in [-0.1, -0.05) is 48.5 Å². The van der Waals surface area contributed by atoms with Gasteiger partial charge < -0.3 is 4.42 Å². The van der Waals surface area contributed by atoms with E-state index in [2.05, 4.69) is 12.1 Å². The summed E-state index contributed by atoms with van der Waals surface area (Å²) < 4.78 is 45.9. The van der Waals surface area contributed by atoms with Gasteiger partial charge in [0.1, 0.15) is 18.2 Å². The number of benzene rings is 4. The summed E-state index contributed by atoms with van der Waals surface area (Å²) >= 11 is 0. The fourth-order valence-electron chi connectivity index (χ4n) is 5.13. The molecule has 6 aromatic rings. The number of hydrogen-bond acceptors (Lipinski definition) is 2. The number of rotatable bonds is 3. The van der Waals surface area contributed by atoms with Crippen molar-refractivity contribution in [3.05, 3.63) is 114 Å². The first kappa shape index (κ1) is 19.4. The minimum atomic E-state index is -2.58. The number of hydrogen-bond donors (Lipinski definition) is 0. The Morgan fingerprint density at radius 3 is 2.49 bits per heavy atom. The summed E-state index contributed by atoms with van der Waals surface area (Å²) in [5, 5.41) is 11.7. The molecule has 0 amide bonds. The minimum absolute atomic E-state index is 0.323. The first-order valence-electron chi connectivity index (χ1n) is 13.4. The summed E-state index contributed by atoms with van der Waals surface area (Å²) in [4.78, 5) is 0. The largest absolute Gasteiger partial charge is 0.455 e. The number of halogens is 1. The van der Waals surface area contributed by atoms with E-state index in [0.717, 1.165) is 38.6 Å². The zero-order valence-electron chi connectivity index (χ0n) is 23.3. The molecule has 178 valence electrons. The van der Waals surface area contributed by atoms with Crippen LogP contribution in [0, 0.1) is 30.9 Å². The van der Waals surface area contributed by atoms with Crippen LogP contribution in [0.1, 0.15) is 20.8 Å². The number of furan rings is 1. The van der Waals surface area contributed by atoms with Crippen molar-refractivity contribution in [2.45, 2.75) is 13.8 Å². The van der Waals surface area contributed by atoms with Crippen LogP contribution in [0.2, 0.25) is 0 Å². The van der Waals surface area contributed by atoms with Gasteiger partial charge in [-0.3, -0.25) is 0 Å². The van der Waals surface area contributed by atoms with Gasteiger partial charge in [0.05, 0.1) is 11.6 Å². The summed E-state index contributed by atoms with van der Waals surface area (Å²) in [5.41, 5.74) is 7.32. The summed E-state index contributed by atoms with van der Waals surface area (Å²) in [7, 11) is 1.69. The van der Waals surface area contributed by atoms with E-state index in [9.17, 15) is 9.65 Å². The number of nitriles is 1. The first-order valence-corrected chi connectivity index (χ1v) is 11.9. The van der Waals surface area contributed by atoms with Gasteiger partial charge in [0.2, 0.25) is 11.9 Å². The molecule has 0 aliphatic heterocycles. The highest BCUT2D eigenvalue weighted by Gasteiger charge is 2.22. The van der Waals surface area contributed by atoms with Crippen molar-refractivity contribution in [2.24, 2.45) is 7.05 Å². The van der Waals surface area contributed by atoms with Crippen LogP contribution in [-0.2, 0) is 7.05 Å². The Labute approximate surface area is 218 Å². The third-order valence-electron chi connectivity index (χ3n) is 6.95. The lowest BCUT2D eigenvalue weighted by atomic mass is 9.93. The number of aromatic nitrogens is 1. The van der Waals surface area contributed by atoms with Crippen LogP contribution >= 0.6 is 0 Å². The van der Waals surface area contributed by atoms with E-state index >= 15 is 0 Å². The number of aryl methyl sites for hydroxylation is 3. The van der Waals surface area contributed by atoms with Crippen molar-refractivity contribution in [1.82, 2.24) is 0 Å². The molecular weight excluding hydrogens is 459 g/mol. The van der Waals surface area contributed by atoms with Crippen LogP contribution in [0.25, 0.3) is 55.4 Å². The first-order chi connectivity index (χ1) is 19.2. The maximum atomic E-state index is 14.5. The number of pyridine rings is 1. The van der Waals surface area contributed by atoms with Crippen LogP contribution in [0.4, 0.5) is 4.39 Å². The zero-order valence-corrected chi connectivity index (χ0v) is 20.3. The van der Waals surface area contributed by atoms with Crippen molar-refractivity contribution < 1.29 is 17.5 Å². The van der Waals surface area contributed by atoms with Gasteiger partial charge in [-0.2, -0.15) is 9.83 Å². The molecule has 0 saturated carbocycles. The predicted octanol–water partition coefficient (Wildman–Crippen LogP) is 8.04. The summed E-state index contributed by atoms with van der Waals surface area (Å²) in [5.74, 6) is -0.773. The van der Waals surface area contributed by atoms with Crippen LogP contribution < -0.4 is 4.57 Å². The Balaban J connectivity index is 1.60. The maximum Gasteiger partial charge on any atom is 0.212 e. The Morgan fingerprint density at radius 2 is 1.70 bits per heavy atom. The van der Waals surface area contributed by atoms with Crippen molar-refractivity contribution in [1.29, 1.82) is 5.26 Å². The standard InChI is InChI=1S/C33H24FN2O/c1-20-16-29(36(3)19-28(20)34)26-14-15-30-31(21(26)2)27-13-12-25(18-35)32(33(27)37-30)24-11-7-10-23(17-24)22-8-5-4-6-9-22/h4-17,19H,1-3H3/q+1/i1D3. The van der Waals surface area contributed by atoms with E-state index in [1.54, 1.807) is 17.7 Å². The number of nitrogens with zero attached hydrogens (tertiary/aromatic N) is 2. The van der Waals surface area contributed by atoms with E-state index in [1.807, 2.05) is 73.7 Å². The Bertz CT molecular complexity index is 1990. The molecule has 2 aromatic heterocycles. The third-order valence-corrected chi connectivity index (χ3v) is 6.95. The monoisotopic (exact) mass is 486 g/mol. The Morgan fingerprint density at radius 1 is 0.919 bits per heavy atom. The topological polar surface area (TPSA) is 40.8 Å². The molecule has 4 heteroatoms. The molecule has 0 atom stereocenters. The van der Waals surface area contributed by atoms with E-state index < -0.39 is 12.7 Å². The zero-order chi connectivity index (χ0) is 28.2. The summed E-state index contributed by atoms with van der Waals surface area (Å²) in [6.07, 6.45) is 1.20. The van der Waals surface area contributed by atoms with Crippen LogP contribution in [0.3, 0.4) is 0 Å². The van der Waals surface area contributed by atoms with E-state index in [4.69, 9.17) is 8.53 Å². The van der Waals surface area contributed by atoms with Crippen molar-refractivity contribution in [3.8, 4) is 39.6 Å². The molecule has 6 rings (SSSR count).